The average molecular weight is 302 g/mol. The summed E-state index contributed by atoms with van der Waals surface area (Å²) in [7, 11) is 0. The Balaban J connectivity index is 2.86. The van der Waals surface area contributed by atoms with E-state index in [4.69, 9.17) is 0 Å². The molecule has 0 aliphatic carbocycles. The first-order valence-electron chi connectivity index (χ1n) is 5.81. The van der Waals surface area contributed by atoms with E-state index in [2.05, 4.69) is 0 Å². The quantitative estimate of drug-likeness (QED) is 0.604. The van der Waals surface area contributed by atoms with E-state index in [1.54, 1.807) is 6.08 Å². The second-order valence-electron chi connectivity index (χ2n) is 3.99. The molecule has 0 unspecified atom stereocenters. The van der Waals surface area contributed by atoms with Crippen molar-refractivity contribution in [1.29, 1.82) is 0 Å². The Kier molecular flexibility index (Phi) is 6.01. The molecule has 0 fully saturated rings. The summed E-state index contributed by atoms with van der Waals surface area (Å²) in [6, 6.07) is 3.43. The summed E-state index contributed by atoms with van der Waals surface area (Å²) in [5.74, 6) is 0.527. The molecule has 0 aromatic heterocycles. The van der Waals surface area contributed by atoms with Gasteiger partial charge in [0, 0.05) is 18.2 Å². The molecular formula is C14H13F3O2S. The van der Waals surface area contributed by atoms with Gasteiger partial charge < -0.3 is 0 Å². The number of benzene rings is 1. The second kappa shape index (κ2) is 7.28. The minimum atomic E-state index is -4.51. The third-order valence-corrected chi connectivity index (χ3v) is 3.25. The maximum Gasteiger partial charge on any atom is 0.417 e. The SMILES string of the molecule is CC(=O)SCCC=Cc1ccc(C=O)cc1C(F)(F)F. The highest BCUT2D eigenvalue weighted by Gasteiger charge is 2.32. The summed E-state index contributed by atoms with van der Waals surface area (Å²) in [6.45, 7) is 1.44. The molecule has 0 bridgehead atoms. The van der Waals surface area contributed by atoms with Gasteiger partial charge in [0.1, 0.15) is 6.29 Å². The van der Waals surface area contributed by atoms with Crippen LogP contribution in [0.25, 0.3) is 6.08 Å². The number of alkyl halides is 3. The van der Waals surface area contributed by atoms with Gasteiger partial charge in [-0.05, 0) is 18.1 Å². The Labute approximate surface area is 119 Å². The zero-order chi connectivity index (χ0) is 15.2. The van der Waals surface area contributed by atoms with Crippen molar-refractivity contribution in [2.45, 2.75) is 19.5 Å². The minimum absolute atomic E-state index is 0.0101. The van der Waals surface area contributed by atoms with Gasteiger partial charge in [-0.2, -0.15) is 13.2 Å². The summed E-state index contributed by atoms with van der Waals surface area (Å²) in [6.07, 6.45) is -0.685. The molecule has 0 amide bonds. The van der Waals surface area contributed by atoms with Crippen LogP contribution in [0.1, 0.15) is 34.8 Å². The predicted molar refractivity (Wildman–Crippen MR) is 73.6 cm³/mol. The Morgan fingerprint density at radius 3 is 2.60 bits per heavy atom. The van der Waals surface area contributed by atoms with E-state index in [-0.39, 0.29) is 16.2 Å². The van der Waals surface area contributed by atoms with Crippen LogP contribution >= 0.6 is 11.8 Å². The van der Waals surface area contributed by atoms with Crippen molar-refractivity contribution in [3.05, 3.63) is 41.0 Å². The first-order valence-corrected chi connectivity index (χ1v) is 6.79. The lowest BCUT2D eigenvalue weighted by Crippen LogP contribution is -2.08. The van der Waals surface area contributed by atoms with Gasteiger partial charge in [-0.3, -0.25) is 9.59 Å². The smallest absolute Gasteiger partial charge is 0.298 e. The Morgan fingerprint density at radius 1 is 1.35 bits per heavy atom. The van der Waals surface area contributed by atoms with Crippen LogP contribution in [0.4, 0.5) is 13.2 Å². The third-order valence-electron chi connectivity index (χ3n) is 2.41. The molecule has 0 saturated heterocycles. The maximum absolute atomic E-state index is 12.8. The van der Waals surface area contributed by atoms with Gasteiger partial charge in [-0.1, -0.05) is 36.0 Å². The van der Waals surface area contributed by atoms with E-state index in [0.29, 0.717) is 18.5 Å². The molecule has 6 heteroatoms. The summed E-state index contributed by atoms with van der Waals surface area (Å²) in [5, 5.41) is -0.0234. The van der Waals surface area contributed by atoms with E-state index >= 15 is 0 Å². The van der Waals surface area contributed by atoms with Crippen LogP contribution in [-0.2, 0) is 11.0 Å². The Bertz CT molecular complexity index is 522. The average Bonchev–Trinajstić information content (AvgIpc) is 2.37. The molecule has 2 nitrogen and oxygen atoms in total. The fraction of sp³-hybridized carbons (Fsp3) is 0.286. The lowest BCUT2D eigenvalue weighted by Gasteiger charge is -2.10. The number of hydrogen-bond acceptors (Lipinski definition) is 3. The van der Waals surface area contributed by atoms with Crippen LogP contribution in [0.5, 0.6) is 0 Å². The van der Waals surface area contributed by atoms with Gasteiger partial charge in [0.25, 0.3) is 0 Å². The molecule has 0 saturated carbocycles. The van der Waals surface area contributed by atoms with Crippen LogP contribution in [0.2, 0.25) is 0 Å². The van der Waals surface area contributed by atoms with E-state index in [9.17, 15) is 22.8 Å². The van der Waals surface area contributed by atoms with Gasteiger partial charge in [-0.25, -0.2) is 0 Å². The van der Waals surface area contributed by atoms with Crippen LogP contribution in [0.3, 0.4) is 0 Å². The lowest BCUT2D eigenvalue weighted by molar-refractivity contribution is -0.137. The van der Waals surface area contributed by atoms with E-state index in [1.807, 2.05) is 0 Å². The molecule has 0 radical (unpaired) electrons. The molecule has 20 heavy (non-hydrogen) atoms. The van der Waals surface area contributed by atoms with Gasteiger partial charge >= 0.3 is 6.18 Å². The molecule has 0 aliphatic heterocycles. The Morgan fingerprint density at radius 2 is 2.05 bits per heavy atom. The fourth-order valence-electron chi connectivity index (χ4n) is 1.52. The van der Waals surface area contributed by atoms with E-state index in [0.717, 1.165) is 17.8 Å². The molecule has 108 valence electrons. The van der Waals surface area contributed by atoms with Crippen LogP contribution < -0.4 is 0 Å². The van der Waals surface area contributed by atoms with Gasteiger partial charge in [-0.15, -0.1) is 0 Å². The molecule has 0 aliphatic rings. The lowest BCUT2D eigenvalue weighted by atomic mass is 10.0. The maximum atomic E-state index is 12.8. The molecule has 0 N–H and O–H groups in total. The standard InChI is InChI=1S/C14H13F3O2S/c1-10(19)20-7-3-2-4-12-6-5-11(9-18)8-13(12)14(15,16)17/h2,4-6,8-9H,3,7H2,1H3. The molecule has 1 rings (SSSR count). The fourth-order valence-corrected chi connectivity index (χ4v) is 2.06. The molecule has 0 atom stereocenters. The number of halogens is 3. The topological polar surface area (TPSA) is 34.1 Å². The summed E-state index contributed by atoms with van der Waals surface area (Å²) in [5.41, 5.74) is -0.838. The molecule has 1 aromatic carbocycles. The number of aldehydes is 1. The highest BCUT2D eigenvalue weighted by Crippen LogP contribution is 2.33. The Hall–Kier alpha value is -1.56. The molecule has 0 spiro atoms. The minimum Gasteiger partial charge on any atom is -0.298 e. The highest BCUT2D eigenvalue weighted by atomic mass is 32.2. The van der Waals surface area contributed by atoms with Crippen LogP contribution in [-0.4, -0.2) is 17.2 Å². The zero-order valence-electron chi connectivity index (χ0n) is 10.7. The predicted octanol–water partition coefficient (Wildman–Crippen LogP) is 4.20. The monoisotopic (exact) mass is 302 g/mol. The van der Waals surface area contributed by atoms with E-state index < -0.39 is 11.7 Å². The van der Waals surface area contributed by atoms with Crippen molar-refractivity contribution < 1.29 is 22.8 Å². The highest BCUT2D eigenvalue weighted by molar-refractivity contribution is 8.13. The first kappa shape index (κ1) is 16.5. The van der Waals surface area contributed by atoms with E-state index in [1.165, 1.54) is 25.1 Å². The molecule has 1 aromatic rings. The summed E-state index contributed by atoms with van der Waals surface area (Å²) >= 11 is 1.12. The normalized spacial score (nSPS) is 11.8. The number of allylic oxidation sites excluding steroid dienone is 1. The number of rotatable bonds is 5. The van der Waals surface area contributed by atoms with Crippen molar-refractivity contribution in [2.24, 2.45) is 0 Å². The van der Waals surface area contributed by atoms with Crippen LogP contribution in [0.15, 0.2) is 24.3 Å². The van der Waals surface area contributed by atoms with Crippen molar-refractivity contribution in [1.82, 2.24) is 0 Å². The number of hydrogen-bond donors (Lipinski definition) is 0. The van der Waals surface area contributed by atoms with Crippen molar-refractivity contribution in [3.63, 3.8) is 0 Å². The van der Waals surface area contributed by atoms with Gasteiger partial charge in [0.2, 0.25) is 0 Å². The third kappa shape index (κ3) is 5.21. The van der Waals surface area contributed by atoms with Crippen molar-refractivity contribution >= 4 is 29.2 Å². The number of carbonyl (C=O) groups excluding carboxylic acids is 2. The van der Waals surface area contributed by atoms with Gasteiger partial charge in [0.15, 0.2) is 5.12 Å². The number of carbonyl (C=O) groups is 2. The van der Waals surface area contributed by atoms with Crippen molar-refractivity contribution in [2.75, 3.05) is 5.75 Å². The van der Waals surface area contributed by atoms with Crippen LogP contribution in [0, 0.1) is 0 Å². The summed E-state index contributed by atoms with van der Waals surface area (Å²) < 4.78 is 38.5. The molecule has 0 heterocycles. The largest absolute Gasteiger partial charge is 0.417 e. The number of thioether (sulfide) groups is 1. The first-order chi connectivity index (χ1) is 9.34. The molecular weight excluding hydrogens is 289 g/mol. The van der Waals surface area contributed by atoms with Gasteiger partial charge in [0.05, 0.1) is 5.56 Å². The zero-order valence-corrected chi connectivity index (χ0v) is 11.6. The van der Waals surface area contributed by atoms with Crippen molar-refractivity contribution in [3.8, 4) is 0 Å². The second-order valence-corrected chi connectivity index (χ2v) is 5.27. The summed E-state index contributed by atoms with van der Waals surface area (Å²) in [4.78, 5) is 21.2.